The summed E-state index contributed by atoms with van der Waals surface area (Å²) in [5.74, 6) is 3.14. The first kappa shape index (κ1) is 18.5. The summed E-state index contributed by atoms with van der Waals surface area (Å²) in [6, 6.07) is 12.8. The number of piperidine rings is 1. The van der Waals surface area contributed by atoms with Crippen LogP contribution >= 0.6 is 0 Å². The van der Waals surface area contributed by atoms with Crippen LogP contribution in [0.4, 0.5) is 0 Å². The molecule has 5 rings (SSSR count). The fourth-order valence-corrected chi connectivity index (χ4v) is 4.72. The molecule has 5 heteroatoms. The molecular formula is C24H27NO4. The van der Waals surface area contributed by atoms with E-state index in [2.05, 4.69) is 35.2 Å². The fourth-order valence-electron chi connectivity index (χ4n) is 4.72. The van der Waals surface area contributed by atoms with Gasteiger partial charge in [-0.1, -0.05) is 6.07 Å². The number of methoxy groups -OCH3 is 1. The van der Waals surface area contributed by atoms with E-state index in [4.69, 9.17) is 14.2 Å². The van der Waals surface area contributed by atoms with Crippen LogP contribution in [0.1, 0.15) is 24.8 Å². The number of ether oxygens (including phenoxy) is 3. The Kier molecular flexibility index (Phi) is 4.94. The van der Waals surface area contributed by atoms with Crippen molar-refractivity contribution >= 4 is 21.5 Å². The number of nitrogens with zero attached hydrogens (tertiary/aromatic N) is 1. The molecule has 2 heterocycles. The molecule has 0 aromatic heterocycles. The monoisotopic (exact) mass is 393 g/mol. The number of aliphatic hydroxyl groups is 1. The molecule has 152 valence electrons. The second-order valence-corrected chi connectivity index (χ2v) is 8.11. The van der Waals surface area contributed by atoms with Gasteiger partial charge in [0, 0.05) is 13.2 Å². The molecule has 2 aliphatic heterocycles. The van der Waals surface area contributed by atoms with E-state index in [1.54, 1.807) is 7.11 Å². The van der Waals surface area contributed by atoms with Gasteiger partial charge in [-0.15, -0.1) is 0 Å². The van der Waals surface area contributed by atoms with Crippen LogP contribution in [0.15, 0.2) is 36.4 Å². The third-order valence-corrected chi connectivity index (χ3v) is 6.38. The van der Waals surface area contributed by atoms with Gasteiger partial charge in [-0.2, -0.15) is 0 Å². The summed E-state index contributed by atoms with van der Waals surface area (Å²) in [6.45, 7) is 3.68. The Morgan fingerprint density at radius 1 is 1.00 bits per heavy atom. The second-order valence-electron chi connectivity index (χ2n) is 8.11. The van der Waals surface area contributed by atoms with Crippen LogP contribution in [0.5, 0.6) is 17.2 Å². The lowest BCUT2D eigenvalue weighted by molar-refractivity contribution is 0.154. The maximum atomic E-state index is 9.21. The molecule has 29 heavy (non-hydrogen) atoms. The number of benzene rings is 3. The molecule has 0 unspecified atom stereocenters. The number of hydrogen-bond acceptors (Lipinski definition) is 5. The molecule has 1 saturated heterocycles. The molecule has 0 bridgehead atoms. The van der Waals surface area contributed by atoms with Crippen molar-refractivity contribution in [3.8, 4) is 17.2 Å². The van der Waals surface area contributed by atoms with Gasteiger partial charge in [0.25, 0.3) is 0 Å². The van der Waals surface area contributed by atoms with Crippen molar-refractivity contribution in [2.45, 2.75) is 25.8 Å². The lowest BCUT2D eigenvalue weighted by atomic mass is 9.92. The van der Waals surface area contributed by atoms with Crippen LogP contribution in [-0.2, 0) is 6.54 Å². The third-order valence-electron chi connectivity index (χ3n) is 6.38. The van der Waals surface area contributed by atoms with Crippen molar-refractivity contribution in [2.24, 2.45) is 5.92 Å². The molecule has 0 spiro atoms. The Hall–Kier alpha value is -2.50. The smallest absolute Gasteiger partial charge is 0.231 e. The van der Waals surface area contributed by atoms with Crippen molar-refractivity contribution in [1.29, 1.82) is 0 Å². The summed E-state index contributed by atoms with van der Waals surface area (Å²) in [5, 5.41) is 14.0. The van der Waals surface area contributed by atoms with E-state index >= 15 is 0 Å². The number of fused-ring (bicyclic) bond motifs is 4. The van der Waals surface area contributed by atoms with Crippen molar-refractivity contribution in [3.63, 3.8) is 0 Å². The quantitative estimate of drug-likeness (QED) is 0.654. The van der Waals surface area contributed by atoms with Gasteiger partial charge < -0.3 is 19.3 Å². The van der Waals surface area contributed by atoms with Gasteiger partial charge in [0.05, 0.1) is 7.11 Å². The van der Waals surface area contributed by atoms with E-state index in [9.17, 15) is 5.11 Å². The van der Waals surface area contributed by atoms with Gasteiger partial charge in [-0.3, -0.25) is 4.90 Å². The van der Waals surface area contributed by atoms with Crippen LogP contribution in [-0.4, -0.2) is 43.6 Å². The molecule has 0 aliphatic carbocycles. The predicted octanol–water partition coefficient (Wildman–Crippen LogP) is 4.32. The number of likely N-dealkylation sites (tertiary alicyclic amines) is 1. The van der Waals surface area contributed by atoms with E-state index in [1.807, 2.05) is 6.07 Å². The molecule has 5 nitrogen and oxygen atoms in total. The van der Waals surface area contributed by atoms with E-state index in [0.717, 1.165) is 48.7 Å². The molecule has 1 N–H and O–H groups in total. The van der Waals surface area contributed by atoms with Gasteiger partial charge in [0.2, 0.25) is 6.79 Å². The highest BCUT2D eigenvalue weighted by molar-refractivity contribution is 6.10. The van der Waals surface area contributed by atoms with Gasteiger partial charge in [-0.05, 0) is 95.7 Å². The fraction of sp³-hybridized carbons (Fsp3) is 0.417. The predicted molar refractivity (Wildman–Crippen MR) is 114 cm³/mol. The summed E-state index contributed by atoms with van der Waals surface area (Å²) >= 11 is 0. The molecule has 1 fully saturated rings. The third kappa shape index (κ3) is 3.49. The number of aliphatic hydroxyl groups excluding tert-OH is 1. The summed E-state index contributed by atoms with van der Waals surface area (Å²) in [6.07, 6.45) is 3.26. The zero-order chi connectivity index (χ0) is 19.8. The largest absolute Gasteiger partial charge is 0.497 e. The molecule has 3 aromatic carbocycles. The normalized spacial score (nSPS) is 17.3. The zero-order valence-electron chi connectivity index (χ0n) is 16.8. The van der Waals surface area contributed by atoms with Gasteiger partial charge in [0.15, 0.2) is 11.5 Å². The van der Waals surface area contributed by atoms with E-state index < -0.39 is 0 Å². The Balaban J connectivity index is 1.55. The number of rotatable bonds is 5. The molecule has 0 atom stereocenters. The van der Waals surface area contributed by atoms with Crippen LogP contribution in [0.3, 0.4) is 0 Å². The molecule has 0 radical (unpaired) electrons. The van der Waals surface area contributed by atoms with Crippen molar-refractivity contribution < 1.29 is 19.3 Å². The highest BCUT2D eigenvalue weighted by Gasteiger charge is 2.21. The Bertz CT molecular complexity index is 1040. The molecule has 3 aromatic rings. The second kappa shape index (κ2) is 7.73. The van der Waals surface area contributed by atoms with Gasteiger partial charge in [0.1, 0.15) is 5.75 Å². The first-order valence-electron chi connectivity index (χ1n) is 10.4. The molecule has 0 amide bonds. The summed E-state index contributed by atoms with van der Waals surface area (Å²) < 4.78 is 16.7. The van der Waals surface area contributed by atoms with Crippen LogP contribution in [0, 0.1) is 5.92 Å². The maximum Gasteiger partial charge on any atom is 0.231 e. The topological polar surface area (TPSA) is 51.2 Å². The van der Waals surface area contributed by atoms with Gasteiger partial charge >= 0.3 is 0 Å². The minimum Gasteiger partial charge on any atom is -0.497 e. The SMILES string of the molecule is COc1ccc2c(CN3CCC(CCO)CC3)cc3cc4c(cc3c2c1)OCO4. The zero-order valence-corrected chi connectivity index (χ0v) is 16.8. The van der Waals surface area contributed by atoms with Crippen LogP contribution in [0.25, 0.3) is 21.5 Å². The molecule has 0 saturated carbocycles. The minimum absolute atomic E-state index is 0.280. The Morgan fingerprint density at radius 2 is 1.79 bits per heavy atom. The summed E-state index contributed by atoms with van der Waals surface area (Å²) in [5.41, 5.74) is 1.33. The molecule has 2 aliphatic rings. The van der Waals surface area contributed by atoms with Crippen LogP contribution < -0.4 is 14.2 Å². The van der Waals surface area contributed by atoms with Crippen molar-refractivity contribution in [2.75, 3.05) is 33.6 Å². The van der Waals surface area contributed by atoms with Crippen LogP contribution in [0.2, 0.25) is 0 Å². The standard InChI is InChI=1S/C24H27NO4/c1-27-19-2-3-20-18(14-25-7-4-16(5-8-25)6-9-26)10-17-11-23-24(29-15-28-23)13-21(17)22(20)12-19/h2-3,10-13,16,26H,4-9,14-15H2,1H3. The first-order valence-corrected chi connectivity index (χ1v) is 10.4. The van der Waals surface area contributed by atoms with E-state index in [-0.39, 0.29) is 6.79 Å². The van der Waals surface area contributed by atoms with E-state index in [1.165, 1.54) is 34.6 Å². The average molecular weight is 393 g/mol. The van der Waals surface area contributed by atoms with E-state index in [0.29, 0.717) is 12.5 Å². The highest BCUT2D eigenvalue weighted by atomic mass is 16.7. The average Bonchev–Trinajstić information content (AvgIpc) is 3.21. The highest BCUT2D eigenvalue weighted by Crippen LogP contribution is 2.40. The summed E-state index contributed by atoms with van der Waals surface area (Å²) in [7, 11) is 1.71. The van der Waals surface area contributed by atoms with Crippen molar-refractivity contribution in [1.82, 2.24) is 4.90 Å². The lowest BCUT2D eigenvalue weighted by Gasteiger charge is -2.32. The Morgan fingerprint density at radius 3 is 2.55 bits per heavy atom. The Labute approximate surface area is 170 Å². The lowest BCUT2D eigenvalue weighted by Crippen LogP contribution is -2.33. The first-order chi connectivity index (χ1) is 14.2. The van der Waals surface area contributed by atoms with Crippen molar-refractivity contribution in [3.05, 3.63) is 42.0 Å². The minimum atomic E-state index is 0.280. The number of hydrogen-bond donors (Lipinski definition) is 1. The molecular weight excluding hydrogens is 366 g/mol. The maximum absolute atomic E-state index is 9.21. The van der Waals surface area contributed by atoms with Gasteiger partial charge in [-0.25, -0.2) is 0 Å². The summed E-state index contributed by atoms with van der Waals surface area (Å²) in [4.78, 5) is 2.53.